The monoisotopic (exact) mass is 859 g/mol. The molecular weight excluding hydrogens is 818 g/mol. The molecule has 3 aliphatic heterocycles. The van der Waals surface area contributed by atoms with Crippen LogP contribution in [0.2, 0.25) is 0 Å². The van der Waals surface area contributed by atoms with Gasteiger partial charge in [-0.1, -0.05) is 24.6 Å². The number of aromatic amines is 2. The van der Waals surface area contributed by atoms with E-state index < -0.39 is 12.1 Å². The molecule has 0 saturated carbocycles. The fourth-order valence-corrected chi connectivity index (χ4v) is 10.3. The average molecular weight is 860 g/mol. The molecule has 6 amide bonds. The second kappa shape index (κ2) is 16.2. The number of unbranched alkanes of at least 4 members (excludes halogenated alkanes) is 2. The lowest BCUT2D eigenvalue weighted by atomic mass is 9.92. The number of nitrogens with zero attached hydrogens (tertiary/aromatic N) is 4. The van der Waals surface area contributed by atoms with E-state index in [1.807, 2.05) is 54.8 Å². The van der Waals surface area contributed by atoms with Crippen LogP contribution >= 0.6 is 22.9 Å². The second-order valence-corrected chi connectivity index (χ2v) is 17.0. The number of hydrogen-bond donors (Lipinski definition) is 4. The number of para-hydroxylation sites is 1. The van der Waals surface area contributed by atoms with Gasteiger partial charge in [0.2, 0.25) is 5.91 Å². The molecule has 14 nitrogen and oxygen atoms in total. The van der Waals surface area contributed by atoms with Crippen LogP contribution in [-0.2, 0) is 14.4 Å². The highest BCUT2D eigenvalue weighted by atomic mass is 35.5. The molecule has 1 fully saturated rings. The molecule has 0 bridgehead atoms. The van der Waals surface area contributed by atoms with E-state index in [0.717, 1.165) is 43.1 Å². The smallest absolute Gasteiger partial charge is 0.407 e. The molecule has 9 rings (SSSR count). The van der Waals surface area contributed by atoms with E-state index in [4.69, 9.17) is 11.6 Å². The third-order valence-electron chi connectivity index (χ3n) is 12.0. The fraction of sp³-hybridized carbons (Fsp3) is 0.289. The Balaban J connectivity index is 0.964. The van der Waals surface area contributed by atoms with E-state index in [1.165, 1.54) is 33.3 Å². The van der Waals surface area contributed by atoms with Gasteiger partial charge in [0.05, 0.1) is 6.04 Å². The molecule has 4 N–H and O–H groups in total. The number of carboxylic acid groups (broad SMARTS) is 1. The van der Waals surface area contributed by atoms with Gasteiger partial charge in [0.25, 0.3) is 23.6 Å². The van der Waals surface area contributed by atoms with Crippen LogP contribution in [0.25, 0.3) is 31.9 Å². The Morgan fingerprint density at radius 1 is 0.885 bits per heavy atom. The summed E-state index contributed by atoms with van der Waals surface area (Å²) in [6.45, 7) is 3.13. The van der Waals surface area contributed by atoms with Crippen LogP contribution in [0.1, 0.15) is 75.3 Å². The van der Waals surface area contributed by atoms with Crippen molar-refractivity contribution in [1.82, 2.24) is 24.7 Å². The Labute approximate surface area is 358 Å². The number of aryl methyl sites for hydroxylation is 1. The highest BCUT2D eigenvalue weighted by molar-refractivity contribution is 7.17. The van der Waals surface area contributed by atoms with Gasteiger partial charge in [-0.15, -0.1) is 22.9 Å². The van der Waals surface area contributed by atoms with Crippen molar-refractivity contribution in [2.45, 2.75) is 44.6 Å². The second-order valence-electron chi connectivity index (χ2n) is 15.8. The minimum Gasteiger partial charge on any atom is -0.465 e. The maximum atomic E-state index is 14.6. The SMILES string of the molecule is Cc1csc2c(C3CN(C(=O)CCCCCN4C(=O)C=CC4=O)CCN3C(=O)O)cc3c(c12)[C@H](CCl)CN3C(=O)c1cc2cc(NC(=O)c3cc4ccccc4[nH]3)ccc2[nH]1. The number of rotatable bonds is 11. The maximum Gasteiger partial charge on any atom is 0.407 e. The predicted molar refractivity (Wildman–Crippen MR) is 235 cm³/mol. The maximum absolute atomic E-state index is 14.6. The molecular formula is C45H42ClN7O7S. The van der Waals surface area contributed by atoms with E-state index in [9.17, 15) is 33.9 Å². The third-order valence-corrected chi connectivity index (χ3v) is 13.5. The number of halogens is 1. The lowest BCUT2D eigenvalue weighted by molar-refractivity contribution is -0.137. The van der Waals surface area contributed by atoms with E-state index in [0.29, 0.717) is 60.6 Å². The topological polar surface area (TPSA) is 179 Å². The highest BCUT2D eigenvalue weighted by Crippen LogP contribution is 2.49. The number of H-pyrrole nitrogens is 2. The third kappa shape index (κ3) is 7.41. The van der Waals surface area contributed by atoms with Crippen LogP contribution in [0.3, 0.4) is 0 Å². The van der Waals surface area contributed by atoms with Gasteiger partial charge in [0, 0.05) is 106 Å². The van der Waals surface area contributed by atoms with Crippen LogP contribution < -0.4 is 10.2 Å². The van der Waals surface area contributed by atoms with Gasteiger partial charge in [-0.3, -0.25) is 33.8 Å². The normalized spacial score (nSPS) is 17.7. The van der Waals surface area contributed by atoms with Crippen LogP contribution in [0.5, 0.6) is 0 Å². The summed E-state index contributed by atoms with van der Waals surface area (Å²) >= 11 is 8.15. The average Bonchev–Trinajstić information content (AvgIpc) is 4.10. The van der Waals surface area contributed by atoms with Crippen molar-refractivity contribution >= 4 is 102 Å². The quantitative estimate of drug-likeness (QED) is 0.0584. The van der Waals surface area contributed by atoms with Gasteiger partial charge in [-0.05, 0) is 84.3 Å². The number of anilines is 2. The molecule has 3 aliphatic rings. The molecule has 6 heterocycles. The van der Waals surface area contributed by atoms with Crippen LogP contribution in [0.15, 0.2) is 78.2 Å². The molecule has 3 aromatic carbocycles. The van der Waals surface area contributed by atoms with E-state index in [2.05, 4.69) is 15.3 Å². The van der Waals surface area contributed by atoms with Crippen molar-refractivity contribution in [2.24, 2.45) is 0 Å². The van der Waals surface area contributed by atoms with E-state index in [-0.39, 0.29) is 67.4 Å². The number of carbonyl (C=O) groups excluding carboxylic acids is 5. The molecule has 6 aromatic rings. The molecule has 2 atom stereocenters. The minimum absolute atomic E-state index is 0.0943. The molecule has 0 radical (unpaired) electrons. The van der Waals surface area contributed by atoms with Gasteiger partial charge < -0.3 is 30.2 Å². The minimum atomic E-state index is -1.10. The summed E-state index contributed by atoms with van der Waals surface area (Å²) in [5.41, 5.74) is 6.23. The Hall–Kier alpha value is -6.45. The van der Waals surface area contributed by atoms with Gasteiger partial charge in [-0.25, -0.2) is 4.79 Å². The lowest BCUT2D eigenvalue weighted by Crippen LogP contribution is -2.52. The van der Waals surface area contributed by atoms with Gasteiger partial charge in [0.1, 0.15) is 11.4 Å². The van der Waals surface area contributed by atoms with Crippen molar-refractivity contribution in [1.29, 1.82) is 0 Å². The van der Waals surface area contributed by atoms with Gasteiger partial charge in [-0.2, -0.15) is 0 Å². The van der Waals surface area contributed by atoms with Crippen molar-refractivity contribution < 1.29 is 33.9 Å². The number of imide groups is 1. The molecule has 3 aromatic heterocycles. The first-order valence-corrected chi connectivity index (χ1v) is 21.7. The Morgan fingerprint density at radius 2 is 1.64 bits per heavy atom. The number of nitrogens with one attached hydrogen (secondary N) is 3. The predicted octanol–water partition coefficient (Wildman–Crippen LogP) is 7.76. The molecule has 0 aliphatic carbocycles. The summed E-state index contributed by atoms with van der Waals surface area (Å²) in [5, 5.41) is 18.0. The zero-order valence-electron chi connectivity index (χ0n) is 33.2. The number of alkyl halides is 1. The van der Waals surface area contributed by atoms with Gasteiger partial charge >= 0.3 is 6.09 Å². The lowest BCUT2D eigenvalue weighted by Gasteiger charge is -2.40. The Bertz CT molecular complexity index is 2770. The largest absolute Gasteiger partial charge is 0.465 e. The van der Waals surface area contributed by atoms with Crippen LogP contribution in [0.4, 0.5) is 16.2 Å². The van der Waals surface area contributed by atoms with E-state index >= 15 is 0 Å². The summed E-state index contributed by atoms with van der Waals surface area (Å²) in [4.78, 5) is 90.3. The first-order chi connectivity index (χ1) is 29.5. The number of aromatic nitrogens is 2. The van der Waals surface area contributed by atoms with Crippen LogP contribution in [0, 0.1) is 6.92 Å². The molecule has 16 heteroatoms. The Kier molecular flexibility index (Phi) is 10.6. The standard InChI is InChI=1S/C45H42ClN7O7S/c1-25-24-61-42-30(36-23-50(15-16-51(36)45(59)60)37(54)9-3-2-6-14-52-38(55)12-13-39(52)56)20-35-41(40(25)42)28(21-46)22-53(35)44(58)34-19-27-17-29(10-11-32(27)49-34)47-43(57)33-18-26-7-4-5-8-31(26)48-33/h4-5,7-8,10-13,17-20,24,28,36,48-49H,2-3,6,9,14-16,21-23H2,1H3,(H,47,57)(H,59,60)/t28-,36?/m1/s1. The fourth-order valence-electron chi connectivity index (χ4n) is 8.92. The zero-order chi connectivity index (χ0) is 42.5. The summed E-state index contributed by atoms with van der Waals surface area (Å²) in [6.07, 6.45) is 3.45. The summed E-state index contributed by atoms with van der Waals surface area (Å²) in [6, 6.07) is 17.8. The van der Waals surface area contributed by atoms with E-state index in [1.54, 1.807) is 28.0 Å². The highest BCUT2D eigenvalue weighted by Gasteiger charge is 2.40. The molecule has 1 saturated heterocycles. The van der Waals surface area contributed by atoms with Crippen molar-refractivity contribution in [2.75, 3.05) is 48.8 Å². The summed E-state index contributed by atoms with van der Waals surface area (Å²) < 4.78 is 0.902. The number of benzene rings is 3. The number of fused-ring (bicyclic) bond motifs is 5. The molecule has 312 valence electrons. The molecule has 0 spiro atoms. The Morgan fingerprint density at radius 3 is 2.41 bits per heavy atom. The molecule has 61 heavy (non-hydrogen) atoms. The van der Waals surface area contributed by atoms with Gasteiger partial charge in [0.15, 0.2) is 0 Å². The number of thiophene rings is 1. The number of piperazine rings is 1. The summed E-state index contributed by atoms with van der Waals surface area (Å²) in [7, 11) is 0. The van der Waals surface area contributed by atoms with Crippen molar-refractivity contribution in [3.05, 3.63) is 106 Å². The number of amides is 6. The first-order valence-electron chi connectivity index (χ1n) is 20.2. The number of hydrogen-bond acceptors (Lipinski definition) is 7. The molecule has 1 unspecified atom stereocenters. The van der Waals surface area contributed by atoms with Crippen molar-refractivity contribution in [3.8, 4) is 0 Å². The summed E-state index contributed by atoms with van der Waals surface area (Å²) in [5.74, 6) is -1.23. The van der Waals surface area contributed by atoms with Crippen molar-refractivity contribution in [3.63, 3.8) is 0 Å². The van der Waals surface area contributed by atoms with Crippen LogP contribution in [-0.4, -0.2) is 104 Å². The number of carbonyl (C=O) groups is 6. The zero-order valence-corrected chi connectivity index (χ0v) is 34.8. The first kappa shape index (κ1) is 40.0.